The molecule has 2 fully saturated rings. The van der Waals surface area contributed by atoms with Gasteiger partial charge in [0.05, 0.1) is 0 Å². The maximum absolute atomic E-state index is 3.96. The summed E-state index contributed by atoms with van der Waals surface area (Å²) in [6, 6.07) is 2.23. The van der Waals surface area contributed by atoms with Crippen molar-refractivity contribution in [1.82, 2.24) is 26.6 Å². The Kier molecular flexibility index (Phi) is 12.6. The first-order valence-electron chi connectivity index (χ1n) is 12.5. The molecule has 31 heavy (non-hydrogen) atoms. The molecule has 0 aromatic heterocycles. The van der Waals surface area contributed by atoms with Gasteiger partial charge in [0.1, 0.15) is 0 Å². The molecule has 5 N–H and O–H groups in total. The molecular formula is C24H51N5S2. The Morgan fingerprint density at radius 1 is 0.613 bits per heavy atom. The quantitative estimate of drug-likeness (QED) is 0.430. The van der Waals surface area contributed by atoms with Crippen molar-refractivity contribution in [2.24, 2.45) is 0 Å². The fourth-order valence-electron chi connectivity index (χ4n) is 4.14. The van der Waals surface area contributed by atoms with Crippen LogP contribution in [0.4, 0.5) is 0 Å². The van der Waals surface area contributed by atoms with E-state index in [4.69, 9.17) is 0 Å². The maximum Gasteiger partial charge on any atom is 0.0283 e. The van der Waals surface area contributed by atoms with Gasteiger partial charge in [-0.05, 0) is 12.8 Å². The molecule has 184 valence electrons. The van der Waals surface area contributed by atoms with E-state index >= 15 is 0 Å². The molecule has 0 bridgehead atoms. The Labute approximate surface area is 201 Å². The molecule has 4 atom stereocenters. The SMILES string of the molecule is CC(C)(C)SC[C@H]1CN[C@@H]2CCCC[C@H]2NC[C@H](CSC(C)(C)C)NCCNCCN1. The second kappa shape index (κ2) is 14.0. The molecule has 1 heterocycles. The van der Waals surface area contributed by atoms with E-state index in [9.17, 15) is 0 Å². The molecule has 1 saturated carbocycles. The van der Waals surface area contributed by atoms with E-state index in [1.54, 1.807) is 0 Å². The van der Waals surface area contributed by atoms with E-state index in [1.165, 1.54) is 25.7 Å². The third kappa shape index (κ3) is 13.1. The molecule has 1 aliphatic heterocycles. The molecular weight excluding hydrogens is 422 g/mol. The van der Waals surface area contributed by atoms with Gasteiger partial charge in [-0.15, -0.1) is 0 Å². The molecule has 0 spiro atoms. The van der Waals surface area contributed by atoms with Gasteiger partial charge >= 0.3 is 0 Å². The predicted octanol–water partition coefficient (Wildman–Crippen LogP) is 3.06. The van der Waals surface area contributed by atoms with E-state index in [2.05, 4.69) is 91.7 Å². The van der Waals surface area contributed by atoms with E-state index in [1.807, 2.05) is 0 Å². The maximum atomic E-state index is 3.96. The number of fused-ring (bicyclic) bond motifs is 1. The third-order valence-corrected chi connectivity index (χ3v) is 8.79. The highest BCUT2D eigenvalue weighted by Gasteiger charge is 2.27. The van der Waals surface area contributed by atoms with Crippen molar-refractivity contribution in [3.05, 3.63) is 0 Å². The van der Waals surface area contributed by atoms with Gasteiger partial charge in [0.15, 0.2) is 0 Å². The number of thioether (sulfide) groups is 2. The Balaban J connectivity index is 1.96. The summed E-state index contributed by atoms with van der Waals surface area (Å²) in [7, 11) is 0. The second-order valence-electron chi connectivity index (χ2n) is 11.2. The zero-order chi connectivity index (χ0) is 22.7. The summed E-state index contributed by atoms with van der Waals surface area (Å²) in [5.41, 5.74) is 0. The van der Waals surface area contributed by atoms with Gasteiger partial charge in [0.25, 0.3) is 0 Å². The van der Waals surface area contributed by atoms with Gasteiger partial charge in [0, 0.05) is 84.4 Å². The Morgan fingerprint density at radius 2 is 1.03 bits per heavy atom. The summed E-state index contributed by atoms with van der Waals surface area (Å²) < 4.78 is 0.634. The summed E-state index contributed by atoms with van der Waals surface area (Å²) in [6.07, 6.45) is 5.31. The van der Waals surface area contributed by atoms with Crippen molar-refractivity contribution >= 4 is 23.5 Å². The van der Waals surface area contributed by atoms with Gasteiger partial charge in [-0.25, -0.2) is 0 Å². The minimum Gasteiger partial charge on any atom is -0.314 e. The molecule has 0 aromatic carbocycles. The Hall–Kier alpha value is 0.500. The summed E-state index contributed by atoms with van der Waals surface area (Å²) in [5, 5.41) is 19.2. The first-order valence-corrected chi connectivity index (χ1v) is 14.5. The monoisotopic (exact) mass is 473 g/mol. The van der Waals surface area contributed by atoms with Gasteiger partial charge < -0.3 is 26.6 Å². The van der Waals surface area contributed by atoms with Crippen molar-refractivity contribution < 1.29 is 0 Å². The van der Waals surface area contributed by atoms with E-state index < -0.39 is 0 Å². The predicted molar refractivity (Wildman–Crippen MR) is 143 cm³/mol. The minimum absolute atomic E-state index is 0.317. The molecule has 0 unspecified atom stereocenters. The molecule has 2 aliphatic rings. The van der Waals surface area contributed by atoms with Crippen LogP contribution in [0.3, 0.4) is 0 Å². The van der Waals surface area contributed by atoms with Crippen molar-refractivity contribution in [1.29, 1.82) is 0 Å². The summed E-state index contributed by atoms with van der Waals surface area (Å²) >= 11 is 4.15. The van der Waals surface area contributed by atoms with E-state index in [-0.39, 0.29) is 0 Å². The van der Waals surface area contributed by atoms with Crippen LogP contribution in [0.5, 0.6) is 0 Å². The fourth-order valence-corrected chi connectivity index (χ4v) is 6.02. The molecule has 2 rings (SSSR count). The van der Waals surface area contributed by atoms with Crippen LogP contribution in [0.1, 0.15) is 67.2 Å². The minimum atomic E-state index is 0.317. The number of rotatable bonds is 4. The largest absolute Gasteiger partial charge is 0.314 e. The fraction of sp³-hybridized carbons (Fsp3) is 1.00. The average molecular weight is 474 g/mol. The molecule has 7 heteroatoms. The molecule has 0 aromatic rings. The third-order valence-electron chi connectivity index (χ3n) is 5.92. The molecule has 5 nitrogen and oxygen atoms in total. The van der Waals surface area contributed by atoms with Gasteiger partial charge in [-0.1, -0.05) is 54.4 Å². The lowest BCUT2D eigenvalue weighted by molar-refractivity contribution is 0.272. The van der Waals surface area contributed by atoms with Crippen molar-refractivity contribution in [2.75, 3.05) is 50.8 Å². The first-order chi connectivity index (χ1) is 14.6. The lowest BCUT2D eigenvalue weighted by Crippen LogP contribution is -2.55. The average Bonchev–Trinajstić information content (AvgIpc) is 2.69. The van der Waals surface area contributed by atoms with Crippen LogP contribution in [-0.2, 0) is 0 Å². The summed E-state index contributed by atoms with van der Waals surface area (Å²) in [4.78, 5) is 0. The molecule has 0 radical (unpaired) electrons. The van der Waals surface area contributed by atoms with Crippen LogP contribution in [0, 0.1) is 0 Å². The molecule has 1 aliphatic carbocycles. The number of hydrogen-bond acceptors (Lipinski definition) is 7. The van der Waals surface area contributed by atoms with Crippen LogP contribution < -0.4 is 26.6 Å². The van der Waals surface area contributed by atoms with Crippen LogP contribution in [0.2, 0.25) is 0 Å². The zero-order valence-electron chi connectivity index (χ0n) is 21.1. The number of nitrogens with one attached hydrogen (secondary N) is 5. The molecule has 1 saturated heterocycles. The Bertz CT molecular complexity index is 436. The highest BCUT2D eigenvalue weighted by molar-refractivity contribution is 8.00. The topological polar surface area (TPSA) is 60.1 Å². The highest BCUT2D eigenvalue weighted by Crippen LogP contribution is 2.25. The van der Waals surface area contributed by atoms with Crippen molar-refractivity contribution in [3.8, 4) is 0 Å². The van der Waals surface area contributed by atoms with Gasteiger partial charge in [-0.2, -0.15) is 23.5 Å². The summed E-state index contributed by atoms with van der Waals surface area (Å²) in [5.74, 6) is 2.32. The van der Waals surface area contributed by atoms with E-state index in [0.717, 1.165) is 50.8 Å². The van der Waals surface area contributed by atoms with Crippen molar-refractivity contribution in [2.45, 2.75) is 101 Å². The van der Waals surface area contributed by atoms with Crippen molar-refractivity contribution in [3.63, 3.8) is 0 Å². The van der Waals surface area contributed by atoms with E-state index in [0.29, 0.717) is 33.7 Å². The summed E-state index contributed by atoms with van der Waals surface area (Å²) in [6.45, 7) is 20.2. The normalized spacial score (nSPS) is 30.8. The van der Waals surface area contributed by atoms with Crippen LogP contribution in [-0.4, -0.2) is 84.4 Å². The van der Waals surface area contributed by atoms with Gasteiger partial charge in [0.2, 0.25) is 0 Å². The lowest BCUT2D eigenvalue weighted by Gasteiger charge is -2.36. The number of hydrogen-bond donors (Lipinski definition) is 5. The first kappa shape index (κ1) is 27.7. The zero-order valence-corrected chi connectivity index (χ0v) is 22.7. The van der Waals surface area contributed by atoms with Crippen LogP contribution in [0.15, 0.2) is 0 Å². The smallest absolute Gasteiger partial charge is 0.0283 e. The Morgan fingerprint density at radius 3 is 1.42 bits per heavy atom. The highest BCUT2D eigenvalue weighted by atomic mass is 32.2. The standard InChI is InChI=1S/C24H51N5S2/c1-23(2,3)30-17-19-15-28-21-9-7-8-10-22(21)29-16-20(18-31-24(4,5)6)27-14-12-25-11-13-26-19/h19-22,25-29H,7-18H2,1-6H3/t19-,20-,21-,22-/m1/s1. The second-order valence-corrected chi connectivity index (χ2v) is 14.9. The molecule has 0 amide bonds. The lowest BCUT2D eigenvalue weighted by atomic mass is 9.90. The van der Waals surface area contributed by atoms with Crippen LogP contribution in [0.25, 0.3) is 0 Å². The van der Waals surface area contributed by atoms with Gasteiger partial charge in [-0.3, -0.25) is 0 Å². The van der Waals surface area contributed by atoms with Crippen LogP contribution >= 0.6 is 23.5 Å².